The van der Waals surface area contributed by atoms with Crippen molar-refractivity contribution in [3.8, 4) is 5.69 Å². The quantitative estimate of drug-likeness (QED) is 0.524. The number of quaternary nitrogens is 1. The first-order valence-corrected chi connectivity index (χ1v) is 10.9. The number of aromatic nitrogens is 3. The second-order valence-corrected chi connectivity index (χ2v) is 9.01. The van der Waals surface area contributed by atoms with E-state index in [1.807, 2.05) is 45.0 Å². The predicted molar refractivity (Wildman–Crippen MR) is 123 cm³/mol. The van der Waals surface area contributed by atoms with Gasteiger partial charge in [0.05, 0.1) is 30.4 Å². The highest BCUT2D eigenvalue weighted by molar-refractivity contribution is 5.92. The zero-order valence-electron chi connectivity index (χ0n) is 18.8. The molecule has 0 saturated carbocycles. The van der Waals surface area contributed by atoms with Crippen molar-refractivity contribution >= 4 is 17.0 Å². The summed E-state index contributed by atoms with van der Waals surface area (Å²) in [7, 11) is 0. The summed E-state index contributed by atoms with van der Waals surface area (Å²) in [6.45, 7) is 8.87. The summed E-state index contributed by atoms with van der Waals surface area (Å²) >= 11 is 0. The van der Waals surface area contributed by atoms with Crippen LogP contribution in [0.2, 0.25) is 0 Å². The highest BCUT2D eigenvalue weighted by atomic mass is 16.5. The highest BCUT2D eigenvalue weighted by Crippen LogP contribution is 2.34. The average molecular weight is 440 g/mol. The predicted octanol–water partition coefficient (Wildman–Crippen LogP) is 1.53. The third-order valence-corrected chi connectivity index (χ3v) is 6.14. The van der Waals surface area contributed by atoms with Gasteiger partial charge in [0, 0.05) is 30.6 Å². The number of aliphatic hydroxyl groups is 1. The molecule has 170 valence electrons. The lowest BCUT2D eigenvalue weighted by molar-refractivity contribution is -0.459. The van der Waals surface area contributed by atoms with Crippen molar-refractivity contribution in [2.45, 2.75) is 26.3 Å². The molecule has 2 atom stereocenters. The summed E-state index contributed by atoms with van der Waals surface area (Å²) in [6, 6.07) is 7.68. The third kappa shape index (κ3) is 4.01. The van der Waals surface area contributed by atoms with Crippen LogP contribution in [0.15, 0.2) is 47.0 Å². The van der Waals surface area contributed by atoms with Crippen LogP contribution in [0.25, 0.3) is 11.3 Å². The van der Waals surface area contributed by atoms with Crippen molar-refractivity contribution in [2.75, 3.05) is 31.2 Å². The standard InChI is InChI=1S/C23H30N6O3/c1-14(2)20(24)18-12-17(19(30)13-23(18,3)25)21-26-27-22(31)29(21)16-6-4-15(5-7-16)28-8-10-32-11-9-28/h4-7,12-14,18,24,30H,8-11,25H2,1-3H3,(H,27,31)/p+1. The van der Waals surface area contributed by atoms with Gasteiger partial charge in [0.15, 0.2) is 5.82 Å². The van der Waals surface area contributed by atoms with E-state index in [0.29, 0.717) is 36.0 Å². The normalized spacial score (nSPS) is 23.8. The third-order valence-electron chi connectivity index (χ3n) is 6.14. The Morgan fingerprint density at radius 1 is 1.28 bits per heavy atom. The number of H-pyrrole nitrogens is 1. The summed E-state index contributed by atoms with van der Waals surface area (Å²) in [6.07, 6.45) is 3.45. The molecule has 9 heteroatoms. The van der Waals surface area contributed by atoms with Crippen LogP contribution in [0, 0.1) is 17.2 Å². The molecular weight excluding hydrogens is 408 g/mol. The molecule has 2 unspecified atom stereocenters. The van der Waals surface area contributed by atoms with Crippen LogP contribution in [0.1, 0.15) is 26.6 Å². The Kier molecular flexibility index (Phi) is 5.79. The topological polar surface area (TPSA) is 135 Å². The number of benzene rings is 1. The Balaban J connectivity index is 1.73. The molecule has 32 heavy (non-hydrogen) atoms. The molecule has 2 aliphatic rings. The van der Waals surface area contributed by atoms with Gasteiger partial charge in [-0.1, -0.05) is 19.9 Å². The second-order valence-electron chi connectivity index (χ2n) is 9.01. The Labute approximate surface area is 186 Å². The van der Waals surface area contributed by atoms with Gasteiger partial charge in [0.1, 0.15) is 11.3 Å². The molecule has 1 fully saturated rings. The fraction of sp³-hybridized carbons (Fsp3) is 0.435. The van der Waals surface area contributed by atoms with E-state index in [2.05, 4.69) is 20.8 Å². The smallest absolute Gasteiger partial charge is 0.348 e. The lowest BCUT2D eigenvalue weighted by Crippen LogP contribution is -2.75. The molecule has 1 aromatic carbocycles. The van der Waals surface area contributed by atoms with Gasteiger partial charge in [-0.05, 0) is 37.1 Å². The SMILES string of the molecule is CC(C)C(=N)C1C=C(c2n[nH]c(=O)n2-c2ccc(N3CCOCC3)cc2)C(O)=CC1(C)[NH3+]. The number of allylic oxidation sites excluding steroid dienone is 1. The number of aromatic amines is 1. The number of anilines is 1. The first kappa shape index (κ1) is 22.0. The molecule has 0 bridgehead atoms. The largest absolute Gasteiger partial charge is 0.507 e. The molecule has 1 saturated heterocycles. The van der Waals surface area contributed by atoms with E-state index in [0.717, 1.165) is 18.8 Å². The Bertz CT molecular complexity index is 1120. The Morgan fingerprint density at radius 3 is 2.53 bits per heavy atom. The molecule has 0 spiro atoms. The van der Waals surface area contributed by atoms with Crippen LogP contribution >= 0.6 is 0 Å². The summed E-state index contributed by atoms with van der Waals surface area (Å²) in [4.78, 5) is 14.9. The van der Waals surface area contributed by atoms with Crippen molar-refractivity contribution in [1.29, 1.82) is 5.41 Å². The maximum Gasteiger partial charge on any atom is 0.348 e. The maximum atomic E-state index is 12.7. The molecule has 1 aliphatic carbocycles. The number of hydrogen-bond acceptors (Lipinski definition) is 6. The molecule has 6 N–H and O–H groups in total. The fourth-order valence-corrected chi connectivity index (χ4v) is 4.27. The van der Waals surface area contributed by atoms with Crippen LogP contribution in [-0.2, 0) is 4.74 Å². The van der Waals surface area contributed by atoms with Gasteiger partial charge in [0.2, 0.25) is 0 Å². The van der Waals surface area contributed by atoms with Gasteiger partial charge >= 0.3 is 5.69 Å². The van der Waals surface area contributed by atoms with Gasteiger partial charge in [-0.25, -0.2) is 14.5 Å². The van der Waals surface area contributed by atoms with Gasteiger partial charge in [-0.3, -0.25) is 0 Å². The summed E-state index contributed by atoms with van der Waals surface area (Å²) in [5.41, 5.74) is 5.77. The molecule has 2 aromatic rings. The molecule has 4 rings (SSSR count). The lowest BCUT2D eigenvalue weighted by Gasteiger charge is -2.32. The van der Waals surface area contributed by atoms with Gasteiger partial charge in [-0.15, -0.1) is 0 Å². The molecule has 2 heterocycles. The van der Waals surface area contributed by atoms with Crippen molar-refractivity contribution in [2.24, 2.45) is 11.8 Å². The number of nitrogens with one attached hydrogen (secondary N) is 2. The van der Waals surface area contributed by atoms with E-state index in [1.54, 1.807) is 12.2 Å². The van der Waals surface area contributed by atoms with Crippen molar-refractivity contribution < 1.29 is 15.6 Å². The Morgan fingerprint density at radius 2 is 1.91 bits per heavy atom. The second kappa shape index (κ2) is 8.40. The molecule has 0 amide bonds. The van der Waals surface area contributed by atoms with E-state index >= 15 is 0 Å². The summed E-state index contributed by atoms with van der Waals surface area (Å²) < 4.78 is 6.86. The molecule has 0 radical (unpaired) electrons. The van der Waals surface area contributed by atoms with E-state index < -0.39 is 11.2 Å². The first-order chi connectivity index (χ1) is 15.2. The minimum atomic E-state index is -0.670. The van der Waals surface area contributed by atoms with Crippen LogP contribution in [0.4, 0.5) is 5.69 Å². The first-order valence-electron chi connectivity index (χ1n) is 10.9. The van der Waals surface area contributed by atoms with Crippen LogP contribution < -0.4 is 16.3 Å². The van der Waals surface area contributed by atoms with Gasteiger partial charge in [0.25, 0.3) is 0 Å². The highest BCUT2D eigenvalue weighted by Gasteiger charge is 2.40. The minimum Gasteiger partial charge on any atom is -0.507 e. The molecular formula is C23H31N6O3+. The lowest BCUT2D eigenvalue weighted by atomic mass is 9.74. The zero-order valence-corrected chi connectivity index (χ0v) is 18.8. The van der Waals surface area contributed by atoms with Crippen molar-refractivity contribution in [3.63, 3.8) is 0 Å². The number of hydrogen-bond donors (Lipinski definition) is 4. The van der Waals surface area contributed by atoms with Crippen molar-refractivity contribution in [3.05, 3.63) is 58.5 Å². The van der Waals surface area contributed by atoms with Gasteiger partial charge < -0.3 is 25.9 Å². The van der Waals surface area contributed by atoms with E-state index in [1.165, 1.54) is 4.57 Å². The summed E-state index contributed by atoms with van der Waals surface area (Å²) in [5.74, 6) is 0.0131. The van der Waals surface area contributed by atoms with Crippen LogP contribution in [-0.4, -0.2) is 57.4 Å². The van der Waals surface area contributed by atoms with E-state index in [4.69, 9.17) is 10.1 Å². The van der Waals surface area contributed by atoms with Gasteiger partial charge in [-0.2, -0.15) is 5.10 Å². The molecule has 1 aliphatic heterocycles. The fourth-order valence-electron chi connectivity index (χ4n) is 4.27. The minimum absolute atomic E-state index is 0.000456. The Hall–Kier alpha value is -3.17. The van der Waals surface area contributed by atoms with Crippen LogP contribution in [0.5, 0.6) is 0 Å². The van der Waals surface area contributed by atoms with E-state index in [9.17, 15) is 9.90 Å². The summed E-state index contributed by atoms with van der Waals surface area (Å²) in [5, 5.41) is 26.0. The van der Waals surface area contributed by atoms with Crippen LogP contribution in [0.3, 0.4) is 0 Å². The van der Waals surface area contributed by atoms with E-state index in [-0.39, 0.29) is 17.6 Å². The average Bonchev–Trinajstić information content (AvgIpc) is 3.14. The molecule has 1 aromatic heterocycles. The van der Waals surface area contributed by atoms with Crippen molar-refractivity contribution in [1.82, 2.24) is 14.8 Å². The number of nitrogens with zero attached hydrogens (tertiary/aromatic N) is 3. The number of rotatable bonds is 5. The maximum absolute atomic E-state index is 12.7. The monoisotopic (exact) mass is 439 g/mol. The number of morpholine rings is 1. The zero-order chi connectivity index (χ0) is 23.0. The number of ether oxygens (including phenoxy) is 1. The number of aliphatic hydroxyl groups excluding tert-OH is 1. The molecule has 9 nitrogen and oxygen atoms in total.